The second kappa shape index (κ2) is 7.01. The minimum atomic E-state index is -0.0417. The van der Waals surface area contributed by atoms with Crippen LogP contribution < -0.4 is 10.2 Å². The number of fused-ring (bicyclic) bond motifs is 1. The van der Waals surface area contributed by atoms with E-state index >= 15 is 0 Å². The summed E-state index contributed by atoms with van der Waals surface area (Å²) in [5.74, 6) is 0.855. The molecule has 0 saturated carbocycles. The zero-order valence-corrected chi connectivity index (χ0v) is 15.7. The second-order valence-corrected chi connectivity index (χ2v) is 7.47. The van der Waals surface area contributed by atoms with Gasteiger partial charge in [-0.15, -0.1) is 11.3 Å². The van der Waals surface area contributed by atoms with Gasteiger partial charge in [-0.3, -0.25) is 4.79 Å². The molecule has 3 aromatic heterocycles. The van der Waals surface area contributed by atoms with Gasteiger partial charge >= 0.3 is 0 Å². The largest absolute Gasteiger partial charge is 0.355 e. The number of carbonyl (C=O) groups is 1. The van der Waals surface area contributed by atoms with Crippen LogP contribution >= 0.6 is 11.3 Å². The van der Waals surface area contributed by atoms with E-state index in [4.69, 9.17) is 0 Å². The van der Waals surface area contributed by atoms with Crippen molar-refractivity contribution in [2.45, 2.75) is 6.54 Å². The van der Waals surface area contributed by atoms with Crippen LogP contribution in [-0.2, 0) is 11.3 Å². The Labute approximate surface area is 164 Å². The van der Waals surface area contributed by atoms with E-state index in [-0.39, 0.29) is 11.8 Å². The number of anilines is 1. The molecule has 0 spiro atoms. The number of hydrogen-bond donors (Lipinski definition) is 1. The zero-order chi connectivity index (χ0) is 18.9. The summed E-state index contributed by atoms with van der Waals surface area (Å²) in [7, 11) is 0. The fourth-order valence-electron chi connectivity index (χ4n) is 3.24. The van der Waals surface area contributed by atoms with Crippen LogP contribution in [0.2, 0.25) is 0 Å². The van der Waals surface area contributed by atoms with E-state index < -0.39 is 0 Å². The Morgan fingerprint density at radius 1 is 1.14 bits per heavy atom. The van der Waals surface area contributed by atoms with Gasteiger partial charge in [-0.05, 0) is 0 Å². The van der Waals surface area contributed by atoms with Gasteiger partial charge in [0.2, 0.25) is 10.9 Å². The van der Waals surface area contributed by atoms with Gasteiger partial charge in [-0.2, -0.15) is 5.10 Å². The minimum absolute atomic E-state index is 0.0417. The first-order chi connectivity index (χ1) is 13.8. The molecular weight excluding hydrogens is 374 g/mol. The van der Waals surface area contributed by atoms with Crippen LogP contribution in [0.4, 0.5) is 5.82 Å². The lowest BCUT2D eigenvalue weighted by molar-refractivity contribution is -0.125. The van der Waals surface area contributed by atoms with Crippen molar-refractivity contribution in [1.82, 2.24) is 29.9 Å². The van der Waals surface area contributed by atoms with Crippen LogP contribution in [0.5, 0.6) is 0 Å². The van der Waals surface area contributed by atoms with Gasteiger partial charge < -0.3 is 10.2 Å². The smallest absolute Gasteiger partial charge is 0.227 e. The van der Waals surface area contributed by atoms with E-state index in [1.54, 1.807) is 10.8 Å². The fourth-order valence-corrected chi connectivity index (χ4v) is 4.03. The van der Waals surface area contributed by atoms with Gasteiger partial charge in [0.05, 0.1) is 23.9 Å². The van der Waals surface area contributed by atoms with Crippen molar-refractivity contribution < 1.29 is 4.79 Å². The van der Waals surface area contributed by atoms with Crippen LogP contribution in [-0.4, -0.2) is 43.6 Å². The first-order valence-electron chi connectivity index (χ1n) is 8.94. The Morgan fingerprint density at radius 3 is 2.86 bits per heavy atom. The number of amides is 1. The summed E-state index contributed by atoms with van der Waals surface area (Å²) >= 11 is 1.51. The maximum atomic E-state index is 12.4. The normalized spacial score (nSPS) is 14.2. The van der Waals surface area contributed by atoms with E-state index in [1.165, 1.54) is 17.7 Å². The molecule has 1 amide bonds. The minimum Gasteiger partial charge on any atom is -0.355 e. The van der Waals surface area contributed by atoms with Gasteiger partial charge in [0.1, 0.15) is 18.5 Å². The molecule has 5 rings (SSSR count). The number of carbonyl (C=O) groups excluding carboxylic acids is 1. The lowest BCUT2D eigenvalue weighted by Crippen LogP contribution is -2.54. The molecule has 9 heteroatoms. The Balaban J connectivity index is 1.19. The summed E-state index contributed by atoms with van der Waals surface area (Å²) in [6, 6.07) is 12.0. The number of benzene rings is 1. The number of hydrogen-bond acceptors (Lipinski definition) is 7. The summed E-state index contributed by atoms with van der Waals surface area (Å²) in [4.78, 5) is 28.2. The van der Waals surface area contributed by atoms with Crippen molar-refractivity contribution in [3.63, 3.8) is 0 Å². The molecule has 1 saturated heterocycles. The van der Waals surface area contributed by atoms with E-state index in [1.807, 2.05) is 41.8 Å². The number of rotatable bonds is 5. The Kier molecular flexibility index (Phi) is 4.21. The Hall–Kier alpha value is -3.33. The van der Waals surface area contributed by atoms with Gasteiger partial charge in [0, 0.05) is 30.1 Å². The topological polar surface area (TPSA) is 88.3 Å². The molecular formula is C19H17N7OS. The second-order valence-electron chi connectivity index (χ2n) is 6.63. The van der Waals surface area contributed by atoms with Gasteiger partial charge in [0.25, 0.3) is 0 Å². The maximum absolute atomic E-state index is 12.4. The van der Waals surface area contributed by atoms with Crippen molar-refractivity contribution in [1.29, 1.82) is 0 Å². The van der Waals surface area contributed by atoms with E-state index in [0.717, 1.165) is 27.7 Å². The molecule has 1 aliphatic rings. The van der Waals surface area contributed by atoms with Crippen LogP contribution in [0.25, 0.3) is 16.2 Å². The molecule has 0 radical (unpaired) electrons. The van der Waals surface area contributed by atoms with E-state index in [9.17, 15) is 4.79 Å². The van der Waals surface area contributed by atoms with Crippen molar-refractivity contribution >= 4 is 28.0 Å². The number of thiazole rings is 1. The van der Waals surface area contributed by atoms with Crippen LogP contribution in [0.15, 0.2) is 54.4 Å². The third kappa shape index (κ3) is 3.09. The number of aromatic nitrogens is 5. The monoisotopic (exact) mass is 391 g/mol. The van der Waals surface area contributed by atoms with E-state index in [0.29, 0.717) is 19.6 Å². The molecule has 1 N–H and O–H groups in total. The highest BCUT2D eigenvalue weighted by Gasteiger charge is 2.33. The highest BCUT2D eigenvalue weighted by Crippen LogP contribution is 2.26. The molecule has 0 unspecified atom stereocenters. The molecule has 1 fully saturated rings. The average Bonchev–Trinajstić information content (AvgIpc) is 3.30. The molecule has 1 aliphatic heterocycles. The van der Waals surface area contributed by atoms with Crippen molar-refractivity contribution in [3.8, 4) is 11.3 Å². The number of nitrogens with one attached hydrogen (secondary N) is 1. The fraction of sp³-hybridized carbons (Fsp3) is 0.211. The molecule has 0 aliphatic carbocycles. The van der Waals surface area contributed by atoms with Crippen LogP contribution in [0, 0.1) is 5.92 Å². The lowest BCUT2D eigenvalue weighted by Gasteiger charge is -2.39. The zero-order valence-electron chi connectivity index (χ0n) is 14.9. The summed E-state index contributed by atoms with van der Waals surface area (Å²) < 4.78 is 1.75. The molecule has 28 heavy (non-hydrogen) atoms. The summed E-state index contributed by atoms with van der Waals surface area (Å²) in [6.45, 7) is 1.75. The van der Waals surface area contributed by atoms with Crippen molar-refractivity contribution in [2.24, 2.45) is 5.92 Å². The third-order valence-corrected chi connectivity index (χ3v) is 5.71. The molecule has 4 heterocycles. The highest BCUT2D eigenvalue weighted by molar-refractivity contribution is 7.15. The third-order valence-electron chi connectivity index (χ3n) is 4.83. The van der Waals surface area contributed by atoms with Crippen LogP contribution in [0.1, 0.15) is 5.69 Å². The number of nitrogens with zero attached hydrogens (tertiary/aromatic N) is 6. The Bertz CT molecular complexity index is 1120. The lowest BCUT2D eigenvalue weighted by atomic mass is 9.99. The van der Waals surface area contributed by atoms with Gasteiger partial charge in [-0.25, -0.2) is 19.5 Å². The standard InChI is InChI=1S/C19H17N7OS/c27-18(20-7-15-10-28-19-23-12-24-26(15)19)14-8-25(9-14)17-6-16(21-11-22-17)13-4-2-1-3-5-13/h1-6,10-12,14H,7-9H2,(H,20,27). The predicted octanol–water partition coefficient (Wildman–Crippen LogP) is 2.00. The Morgan fingerprint density at radius 2 is 2.00 bits per heavy atom. The SMILES string of the molecule is O=C(NCc1csc2ncnn12)C1CN(c2cc(-c3ccccc3)ncn2)C1. The van der Waals surface area contributed by atoms with Crippen LogP contribution in [0.3, 0.4) is 0 Å². The molecule has 8 nitrogen and oxygen atoms in total. The maximum Gasteiger partial charge on any atom is 0.227 e. The summed E-state index contributed by atoms with van der Waals surface area (Å²) in [5, 5.41) is 9.13. The summed E-state index contributed by atoms with van der Waals surface area (Å²) in [5.41, 5.74) is 2.87. The molecule has 140 valence electrons. The summed E-state index contributed by atoms with van der Waals surface area (Å²) in [6.07, 6.45) is 3.09. The van der Waals surface area contributed by atoms with Gasteiger partial charge in [-0.1, -0.05) is 30.3 Å². The quantitative estimate of drug-likeness (QED) is 0.560. The van der Waals surface area contributed by atoms with E-state index in [2.05, 4.69) is 30.3 Å². The average molecular weight is 391 g/mol. The van der Waals surface area contributed by atoms with Crippen molar-refractivity contribution in [2.75, 3.05) is 18.0 Å². The molecule has 4 aromatic rings. The van der Waals surface area contributed by atoms with Crippen molar-refractivity contribution in [3.05, 3.63) is 60.1 Å². The first-order valence-corrected chi connectivity index (χ1v) is 9.82. The van der Waals surface area contributed by atoms with Gasteiger partial charge in [0.15, 0.2) is 0 Å². The highest BCUT2D eigenvalue weighted by atomic mass is 32.1. The molecule has 0 atom stereocenters. The molecule has 0 bridgehead atoms. The molecule has 1 aromatic carbocycles. The first kappa shape index (κ1) is 16.8. The predicted molar refractivity (Wildman–Crippen MR) is 106 cm³/mol.